The van der Waals surface area contributed by atoms with E-state index in [4.69, 9.17) is 9.84 Å². The molecule has 9 nitrogen and oxygen atoms in total. The van der Waals surface area contributed by atoms with Crippen LogP contribution >= 0.6 is 0 Å². The number of fused-ring (bicyclic) bond motifs is 3. The predicted molar refractivity (Wildman–Crippen MR) is 123 cm³/mol. The summed E-state index contributed by atoms with van der Waals surface area (Å²) < 4.78 is 33.5. The summed E-state index contributed by atoms with van der Waals surface area (Å²) in [6.45, 7) is 9.24. The topological polar surface area (TPSA) is 97.6 Å². The first kappa shape index (κ1) is 22.5. The molecule has 0 aromatic carbocycles. The second-order valence-corrected chi connectivity index (χ2v) is 11.5. The Morgan fingerprint density at radius 3 is 2.79 bits per heavy atom. The lowest BCUT2D eigenvalue weighted by Gasteiger charge is -2.34. The fourth-order valence-corrected chi connectivity index (χ4v) is 6.75. The standard InChI is InChI=1S/C23H31N5O4S/c1-16(2)13-26-8-4-5-17(14-26)28-21-18-6-3-7-24-22(18)33(30,31)15-19(21)20(25-28)23(29)27-9-11-32-12-10-27/h3,6-7,16-17H,4-5,8-15H2,1-2H3. The van der Waals surface area contributed by atoms with Gasteiger partial charge in [0.15, 0.2) is 10.7 Å². The van der Waals surface area contributed by atoms with E-state index in [1.54, 1.807) is 17.0 Å². The van der Waals surface area contributed by atoms with Gasteiger partial charge in [-0.15, -0.1) is 0 Å². The first-order valence-electron chi connectivity index (χ1n) is 11.7. The van der Waals surface area contributed by atoms with Gasteiger partial charge in [0.25, 0.3) is 5.91 Å². The summed E-state index contributed by atoms with van der Waals surface area (Å²) in [6, 6.07) is 3.61. The molecule has 2 aromatic rings. The Morgan fingerprint density at radius 1 is 1.24 bits per heavy atom. The number of carbonyl (C=O) groups excluding carboxylic acids is 1. The summed E-state index contributed by atoms with van der Waals surface area (Å²) in [6.07, 6.45) is 3.49. The molecule has 178 valence electrons. The number of aromatic nitrogens is 3. The van der Waals surface area contributed by atoms with Crippen LogP contribution in [0.4, 0.5) is 0 Å². The molecule has 5 heterocycles. The van der Waals surface area contributed by atoms with Crippen LogP contribution < -0.4 is 0 Å². The van der Waals surface area contributed by atoms with Crippen molar-refractivity contribution in [2.75, 3.05) is 45.9 Å². The van der Waals surface area contributed by atoms with Gasteiger partial charge in [-0.1, -0.05) is 13.8 Å². The van der Waals surface area contributed by atoms with Crippen LogP contribution in [0.5, 0.6) is 0 Å². The van der Waals surface area contributed by atoms with E-state index in [0.717, 1.165) is 38.2 Å². The second-order valence-electron chi connectivity index (χ2n) is 9.59. The molecule has 1 atom stereocenters. The molecule has 2 aromatic heterocycles. The number of hydrogen-bond acceptors (Lipinski definition) is 7. The highest BCUT2D eigenvalue weighted by molar-refractivity contribution is 7.90. The molecule has 10 heteroatoms. The summed E-state index contributed by atoms with van der Waals surface area (Å²) in [5, 5.41) is 4.92. The molecule has 5 rings (SSSR count). The van der Waals surface area contributed by atoms with Crippen molar-refractivity contribution < 1.29 is 17.9 Å². The molecule has 0 radical (unpaired) electrons. The maximum absolute atomic E-state index is 13.5. The molecule has 2 fully saturated rings. The molecule has 0 N–H and O–H groups in total. The number of ether oxygens (including phenoxy) is 1. The summed E-state index contributed by atoms with van der Waals surface area (Å²) in [4.78, 5) is 21.8. The molecule has 0 saturated carbocycles. The molecule has 0 spiro atoms. The fraction of sp³-hybridized carbons (Fsp3) is 0.609. The van der Waals surface area contributed by atoms with Crippen LogP contribution in [0.25, 0.3) is 11.3 Å². The number of hydrogen-bond donors (Lipinski definition) is 0. The van der Waals surface area contributed by atoms with Gasteiger partial charge in [-0.25, -0.2) is 13.4 Å². The zero-order valence-electron chi connectivity index (χ0n) is 19.2. The number of sulfone groups is 1. The van der Waals surface area contributed by atoms with E-state index >= 15 is 0 Å². The average molecular weight is 474 g/mol. The Balaban J connectivity index is 1.62. The van der Waals surface area contributed by atoms with Crippen molar-refractivity contribution in [1.29, 1.82) is 0 Å². The number of rotatable bonds is 4. The number of morpholine rings is 1. The summed E-state index contributed by atoms with van der Waals surface area (Å²) in [7, 11) is -3.66. The highest BCUT2D eigenvalue weighted by atomic mass is 32.2. The van der Waals surface area contributed by atoms with Crippen molar-refractivity contribution in [3.63, 3.8) is 0 Å². The molecule has 0 aliphatic carbocycles. The second kappa shape index (κ2) is 8.81. The smallest absolute Gasteiger partial charge is 0.274 e. The largest absolute Gasteiger partial charge is 0.378 e. The van der Waals surface area contributed by atoms with Crippen LogP contribution in [0, 0.1) is 5.92 Å². The van der Waals surface area contributed by atoms with Crippen molar-refractivity contribution in [1.82, 2.24) is 24.6 Å². The lowest BCUT2D eigenvalue weighted by Crippen LogP contribution is -2.41. The molecule has 3 aliphatic heterocycles. The van der Waals surface area contributed by atoms with E-state index in [2.05, 4.69) is 23.7 Å². The number of nitrogens with zero attached hydrogens (tertiary/aromatic N) is 5. The van der Waals surface area contributed by atoms with Crippen LogP contribution in [0.3, 0.4) is 0 Å². The van der Waals surface area contributed by atoms with Crippen LogP contribution in [-0.4, -0.2) is 84.8 Å². The molecule has 0 bridgehead atoms. The summed E-state index contributed by atoms with van der Waals surface area (Å²) in [5.74, 6) is 0.0923. The predicted octanol–water partition coefficient (Wildman–Crippen LogP) is 2.00. The first-order valence-corrected chi connectivity index (χ1v) is 13.4. The normalized spacial score (nSPS) is 22.8. The molecular weight excluding hydrogens is 442 g/mol. The monoisotopic (exact) mass is 473 g/mol. The van der Waals surface area contributed by atoms with E-state index in [1.165, 1.54) is 6.20 Å². The minimum atomic E-state index is -3.66. The molecule has 33 heavy (non-hydrogen) atoms. The highest BCUT2D eigenvalue weighted by Gasteiger charge is 2.39. The summed E-state index contributed by atoms with van der Waals surface area (Å²) >= 11 is 0. The van der Waals surface area contributed by atoms with E-state index in [-0.39, 0.29) is 28.4 Å². The van der Waals surface area contributed by atoms with Gasteiger partial charge in [0, 0.05) is 43.5 Å². The van der Waals surface area contributed by atoms with E-state index < -0.39 is 9.84 Å². The lowest BCUT2D eigenvalue weighted by atomic mass is 10.0. The van der Waals surface area contributed by atoms with Crippen molar-refractivity contribution in [2.24, 2.45) is 5.92 Å². The van der Waals surface area contributed by atoms with Crippen molar-refractivity contribution >= 4 is 15.7 Å². The number of carbonyl (C=O) groups is 1. The Kier molecular flexibility index (Phi) is 6.00. The van der Waals surface area contributed by atoms with Gasteiger partial charge in [-0.2, -0.15) is 5.10 Å². The van der Waals surface area contributed by atoms with Crippen LogP contribution in [0.1, 0.15) is 48.8 Å². The summed E-state index contributed by atoms with van der Waals surface area (Å²) in [5.41, 5.74) is 2.05. The third-order valence-electron chi connectivity index (χ3n) is 6.61. The zero-order valence-corrected chi connectivity index (χ0v) is 20.1. The maximum Gasteiger partial charge on any atom is 0.274 e. The van der Waals surface area contributed by atoms with Gasteiger partial charge >= 0.3 is 0 Å². The quantitative estimate of drug-likeness (QED) is 0.670. The molecule has 1 unspecified atom stereocenters. The van der Waals surface area contributed by atoms with Crippen LogP contribution in [0.2, 0.25) is 0 Å². The maximum atomic E-state index is 13.5. The van der Waals surface area contributed by atoms with Crippen molar-refractivity contribution in [3.8, 4) is 11.3 Å². The van der Waals surface area contributed by atoms with Crippen LogP contribution in [0.15, 0.2) is 23.4 Å². The van der Waals surface area contributed by atoms with Gasteiger partial charge in [0.2, 0.25) is 9.84 Å². The minimum Gasteiger partial charge on any atom is -0.378 e. The van der Waals surface area contributed by atoms with Gasteiger partial charge in [0.05, 0.1) is 30.7 Å². The van der Waals surface area contributed by atoms with Gasteiger partial charge < -0.3 is 14.5 Å². The van der Waals surface area contributed by atoms with E-state index in [9.17, 15) is 13.2 Å². The number of pyridine rings is 1. The molecule has 2 saturated heterocycles. The Morgan fingerprint density at radius 2 is 2.03 bits per heavy atom. The van der Waals surface area contributed by atoms with Gasteiger partial charge in [-0.3, -0.25) is 9.48 Å². The Hall–Kier alpha value is -2.30. The number of amides is 1. The highest BCUT2D eigenvalue weighted by Crippen LogP contribution is 2.41. The van der Waals surface area contributed by atoms with E-state index in [1.807, 2.05) is 4.68 Å². The third-order valence-corrected chi connectivity index (χ3v) is 8.20. The van der Waals surface area contributed by atoms with Gasteiger partial charge in [-0.05, 0) is 37.4 Å². The number of likely N-dealkylation sites (tertiary alicyclic amines) is 1. The number of piperidine rings is 1. The average Bonchev–Trinajstić information content (AvgIpc) is 3.17. The van der Waals surface area contributed by atoms with Crippen molar-refractivity contribution in [2.45, 2.75) is 43.5 Å². The zero-order chi connectivity index (χ0) is 23.2. The van der Waals surface area contributed by atoms with Crippen molar-refractivity contribution in [3.05, 3.63) is 29.6 Å². The van der Waals surface area contributed by atoms with Gasteiger partial charge in [0.1, 0.15) is 0 Å². The first-order chi connectivity index (χ1) is 15.8. The SMILES string of the molecule is CC(C)CN1CCCC(n2nc(C(=O)N3CCOCC3)c3c2-c2cccnc2S(=O)(=O)C3)C1. The third kappa shape index (κ3) is 4.20. The fourth-order valence-electron chi connectivity index (χ4n) is 5.23. The molecule has 3 aliphatic rings. The molecular formula is C23H31N5O4S. The Bertz CT molecular complexity index is 1150. The Labute approximate surface area is 194 Å². The minimum absolute atomic E-state index is 0.0753. The lowest BCUT2D eigenvalue weighted by molar-refractivity contribution is 0.0297. The van der Waals surface area contributed by atoms with Crippen LogP contribution in [-0.2, 0) is 20.3 Å². The molecule has 1 amide bonds. The van der Waals surface area contributed by atoms with E-state index in [0.29, 0.717) is 43.3 Å².